The highest BCUT2D eigenvalue weighted by Crippen LogP contribution is 2.30. The van der Waals surface area contributed by atoms with Gasteiger partial charge in [-0.25, -0.2) is 15.0 Å². The molecule has 2 aromatic heterocycles. The van der Waals surface area contributed by atoms with E-state index in [2.05, 4.69) is 26.3 Å². The first-order valence-electron chi connectivity index (χ1n) is 5.61. The fourth-order valence-electron chi connectivity index (χ4n) is 1.48. The smallest absolute Gasteiger partial charge is 0.176 e. The average molecular weight is 279 g/mol. The summed E-state index contributed by atoms with van der Waals surface area (Å²) in [5.74, 6) is 0.842. The first-order valence-corrected chi connectivity index (χ1v) is 7.65. The van der Waals surface area contributed by atoms with Crippen LogP contribution in [0.1, 0.15) is 19.3 Å². The second kappa shape index (κ2) is 6.52. The topological polar surface area (TPSA) is 74.5 Å². The van der Waals surface area contributed by atoms with Crippen LogP contribution in [0.5, 0.6) is 0 Å². The molecule has 1 N–H and O–H groups in total. The first-order chi connectivity index (χ1) is 8.85. The zero-order chi connectivity index (χ0) is 12.8. The van der Waals surface area contributed by atoms with Gasteiger partial charge >= 0.3 is 0 Å². The number of nitrogens with one attached hydrogen (secondary N) is 1. The lowest BCUT2D eigenvalue weighted by Gasteiger charge is -2.04. The fourth-order valence-corrected chi connectivity index (χ4v) is 2.96. The van der Waals surface area contributed by atoms with E-state index in [-0.39, 0.29) is 0 Å². The van der Waals surface area contributed by atoms with Crippen molar-refractivity contribution in [2.24, 2.45) is 0 Å². The highest BCUT2D eigenvalue weighted by atomic mass is 32.2. The third-order valence-corrected chi connectivity index (χ3v) is 4.39. The van der Waals surface area contributed by atoms with Crippen molar-refractivity contribution in [3.63, 3.8) is 0 Å². The van der Waals surface area contributed by atoms with Gasteiger partial charge in [0.15, 0.2) is 9.99 Å². The molecule has 2 rings (SSSR count). The van der Waals surface area contributed by atoms with Crippen LogP contribution in [0.3, 0.4) is 0 Å². The summed E-state index contributed by atoms with van der Waals surface area (Å²) in [5.41, 5.74) is 0.749. The van der Waals surface area contributed by atoms with Gasteiger partial charge in [0, 0.05) is 13.0 Å². The molecule has 0 radical (unpaired) electrons. The number of unbranched alkanes of at least 4 members (excludes halogenated alkanes) is 2. The summed E-state index contributed by atoms with van der Waals surface area (Å²) in [4.78, 5) is 12.8. The monoisotopic (exact) mass is 279 g/mol. The lowest BCUT2D eigenvalue weighted by atomic mass is 10.2. The molecule has 18 heavy (non-hydrogen) atoms. The van der Waals surface area contributed by atoms with Gasteiger partial charge in [-0.3, -0.25) is 0 Å². The molecular formula is C11H13N5S2. The van der Waals surface area contributed by atoms with Crippen LogP contribution in [0.2, 0.25) is 0 Å². The maximum absolute atomic E-state index is 8.45. The van der Waals surface area contributed by atoms with Crippen molar-refractivity contribution >= 4 is 39.3 Å². The van der Waals surface area contributed by atoms with E-state index in [9.17, 15) is 0 Å². The molecular weight excluding hydrogens is 266 g/mol. The quantitative estimate of drug-likeness (QED) is 0.647. The zero-order valence-corrected chi connectivity index (χ0v) is 11.6. The largest absolute Gasteiger partial charge is 0.369 e. The van der Waals surface area contributed by atoms with Gasteiger partial charge in [0.2, 0.25) is 0 Å². The normalized spacial score (nSPS) is 10.4. The van der Waals surface area contributed by atoms with Crippen molar-refractivity contribution in [1.29, 1.82) is 5.26 Å². The van der Waals surface area contributed by atoms with Crippen molar-refractivity contribution in [2.75, 3.05) is 18.1 Å². The van der Waals surface area contributed by atoms with E-state index in [0.717, 1.165) is 39.9 Å². The minimum absolute atomic E-state index is 0.609. The zero-order valence-electron chi connectivity index (χ0n) is 10.0. The van der Waals surface area contributed by atoms with Crippen molar-refractivity contribution < 1.29 is 0 Å². The lowest BCUT2D eigenvalue weighted by Crippen LogP contribution is -2.03. The molecule has 0 bridgehead atoms. The molecule has 7 heteroatoms. The van der Waals surface area contributed by atoms with Crippen LogP contribution in [-0.2, 0) is 0 Å². The van der Waals surface area contributed by atoms with Crippen molar-refractivity contribution in [1.82, 2.24) is 15.0 Å². The number of thiazole rings is 1. The Morgan fingerprint density at radius 2 is 2.33 bits per heavy atom. The van der Waals surface area contributed by atoms with E-state index in [0.29, 0.717) is 6.42 Å². The standard InChI is InChI=1S/C11H13N5S2/c1-17-11-16-10-8(18-11)9(14-7-15-10)13-6-4-2-3-5-12/h7H,2-4,6H2,1H3,(H,13,14,15). The maximum Gasteiger partial charge on any atom is 0.176 e. The van der Waals surface area contributed by atoms with Crippen LogP contribution in [0.25, 0.3) is 10.3 Å². The Kier molecular flexibility index (Phi) is 4.73. The minimum atomic E-state index is 0.609. The number of fused-ring (bicyclic) bond motifs is 1. The Balaban J connectivity index is 2.04. The van der Waals surface area contributed by atoms with E-state index < -0.39 is 0 Å². The second-order valence-electron chi connectivity index (χ2n) is 3.60. The summed E-state index contributed by atoms with van der Waals surface area (Å²) in [7, 11) is 0. The Bertz CT molecular complexity index is 560. The molecule has 0 saturated heterocycles. The second-order valence-corrected chi connectivity index (χ2v) is 5.65. The molecule has 2 heterocycles. The van der Waals surface area contributed by atoms with Gasteiger partial charge in [-0.1, -0.05) is 11.8 Å². The molecule has 0 atom stereocenters. The number of nitriles is 1. The van der Waals surface area contributed by atoms with E-state index in [1.54, 1.807) is 23.1 Å². The molecule has 0 amide bonds. The van der Waals surface area contributed by atoms with Gasteiger partial charge in [-0.2, -0.15) is 5.26 Å². The minimum Gasteiger partial charge on any atom is -0.369 e. The van der Waals surface area contributed by atoms with Crippen LogP contribution >= 0.6 is 23.1 Å². The number of aromatic nitrogens is 3. The molecule has 0 unspecified atom stereocenters. The molecule has 0 saturated carbocycles. The molecule has 2 aromatic rings. The van der Waals surface area contributed by atoms with Gasteiger partial charge in [-0.05, 0) is 19.1 Å². The van der Waals surface area contributed by atoms with Crippen molar-refractivity contribution in [3.05, 3.63) is 6.33 Å². The highest BCUT2D eigenvalue weighted by Gasteiger charge is 2.09. The number of hydrogen-bond donors (Lipinski definition) is 1. The van der Waals surface area contributed by atoms with Crippen molar-refractivity contribution in [2.45, 2.75) is 23.6 Å². The Labute approximate surface area is 114 Å². The van der Waals surface area contributed by atoms with Crippen LogP contribution < -0.4 is 5.32 Å². The van der Waals surface area contributed by atoms with E-state index in [1.165, 1.54) is 6.33 Å². The highest BCUT2D eigenvalue weighted by molar-refractivity contribution is 8.00. The molecule has 94 valence electrons. The Morgan fingerprint density at radius 3 is 3.11 bits per heavy atom. The van der Waals surface area contributed by atoms with Gasteiger partial charge in [0.1, 0.15) is 16.8 Å². The summed E-state index contributed by atoms with van der Waals surface area (Å²) in [6.45, 7) is 0.820. The maximum atomic E-state index is 8.45. The Hall–Kier alpha value is -1.39. The molecule has 0 fully saturated rings. The first kappa shape index (κ1) is 13.1. The third-order valence-electron chi connectivity index (χ3n) is 2.35. The number of nitrogens with zero attached hydrogens (tertiary/aromatic N) is 4. The van der Waals surface area contributed by atoms with Gasteiger partial charge in [-0.15, -0.1) is 11.3 Å². The average Bonchev–Trinajstić information content (AvgIpc) is 2.82. The predicted octanol–water partition coefficient (Wildman–Crippen LogP) is 2.91. The SMILES string of the molecule is CSc1nc2ncnc(NCCCCC#N)c2s1. The third kappa shape index (κ3) is 3.09. The fraction of sp³-hybridized carbons (Fsp3) is 0.455. The van der Waals surface area contributed by atoms with Crippen LogP contribution in [-0.4, -0.2) is 27.8 Å². The van der Waals surface area contributed by atoms with E-state index in [4.69, 9.17) is 5.26 Å². The number of thioether (sulfide) groups is 1. The van der Waals surface area contributed by atoms with E-state index in [1.807, 2.05) is 6.26 Å². The molecule has 0 spiro atoms. The summed E-state index contributed by atoms with van der Waals surface area (Å²) in [6, 6.07) is 2.14. The molecule has 5 nitrogen and oxygen atoms in total. The van der Waals surface area contributed by atoms with E-state index >= 15 is 0 Å². The van der Waals surface area contributed by atoms with Crippen LogP contribution in [0.15, 0.2) is 10.7 Å². The van der Waals surface area contributed by atoms with Crippen molar-refractivity contribution in [3.8, 4) is 6.07 Å². The molecule has 0 aliphatic rings. The van der Waals surface area contributed by atoms with Gasteiger partial charge in [0.25, 0.3) is 0 Å². The molecule has 0 aromatic carbocycles. The van der Waals surface area contributed by atoms with Crippen LogP contribution in [0.4, 0.5) is 5.82 Å². The number of rotatable bonds is 6. The predicted molar refractivity (Wildman–Crippen MR) is 74.9 cm³/mol. The summed E-state index contributed by atoms with van der Waals surface area (Å²) in [6.07, 6.45) is 6.02. The number of hydrogen-bond acceptors (Lipinski definition) is 7. The Morgan fingerprint density at radius 1 is 1.44 bits per heavy atom. The number of anilines is 1. The lowest BCUT2D eigenvalue weighted by molar-refractivity contribution is 0.783. The van der Waals surface area contributed by atoms with Gasteiger partial charge in [0.05, 0.1) is 6.07 Å². The van der Waals surface area contributed by atoms with Crippen LogP contribution in [0, 0.1) is 11.3 Å². The molecule has 0 aliphatic carbocycles. The summed E-state index contributed by atoms with van der Waals surface area (Å²) >= 11 is 3.22. The van der Waals surface area contributed by atoms with Gasteiger partial charge < -0.3 is 5.32 Å². The summed E-state index contributed by atoms with van der Waals surface area (Å²) < 4.78 is 2.00. The summed E-state index contributed by atoms with van der Waals surface area (Å²) in [5, 5.41) is 11.7. The molecule has 0 aliphatic heterocycles.